The Morgan fingerprint density at radius 1 is 1.12 bits per heavy atom. The van der Waals surface area contributed by atoms with Crippen molar-refractivity contribution in [1.82, 2.24) is 0 Å². The number of hydrogen-bond acceptors (Lipinski definition) is 5. The summed E-state index contributed by atoms with van der Waals surface area (Å²) in [4.78, 5) is 25.6. The largest absolute Gasteiger partial charge is 0.497 e. The van der Waals surface area contributed by atoms with Crippen LogP contribution in [-0.2, 0) is 9.59 Å². The van der Waals surface area contributed by atoms with E-state index in [-0.39, 0.29) is 18.1 Å². The average molecular weight is 355 g/mol. The Balaban J connectivity index is 1.83. The second kappa shape index (κ2) is 7.58. The van der Waals surface area contributed by atoms with Crippen LogP contribution in [0, 0.1) is 0 Å². The molecule has 136 valence electrons. The predicted molar refractivity (Wildman–Crippen MR) is 96.4 cm³/mol. The number of nitrogens with zero attached hydrogens (tertiary/aromatic N) is 1. The number of rotatable bonds is 7. The smallest absolute Gasteiger partial charge is 0.270 e. The highest BCUT2D eigenvalue weighted by Crippen LogP contribution is 2.34. The number of amides is 1. The lowest BCUT2D eigenvalue weighted by Gasteiger charge is -2.48. The van der Waals surface area contributed by atoms with Crippen molar-refractivity contribution in [3.63, 3.8) is 0 Å². The number of ketones is 1. The van der Waals surface area contributed by atoms with E-state index in [0.29, 0.717) is 17.2 Å². The van der Waals surface area contributed by atoms with Crippen molar-refractivity contribution in [2.45, 2.75) is 31.6 Å². The molecule has 6 heteroatoms. The molecule has 0 bridgehead atoms. The van der Waals surface area contributed by atoms with Crippen molar-refractivity contribution in [2.75, 3.05) is 12.0 Å². The van der Waals surface area contributed by atoms with Gasteiger partial charge in [-0.3, -0.25) is 14.5 Å². The predicted octanol–water partition coefficient (Wildman–Crippen LogP) is 2.20. The van der Waals surface area contributed by atoms with Crippen molar-refractivity contribution in [2.24, 2.45) is 0 Å². The summed E-state index contributed by atoms with van der Waals surface area (Å²) in [6, 6.07) is 15.3. The Kier molecular flexibility index (Phi) is 5.23. The van der Waals surface area contributed by atoms with E-state index in [4.69, 9.17) is 9.47 Å². The van der Waals surface area contributed by atoms with E-state index in [0.717, 1.165) is 0 Å². The lowest BCUT2D eigenvalue weighted by atomic mass is 9.89. The zero-order valence-corrected chi connectivity index (χ0v) is 14.7. The number of para-hydroxylation sites is 1. The van der Waals surface area contributed by atoms with Crippen LogP contribution in [-0.4, -0.2) is 42.2 Å². The highest BCUT2D eigenvalue weighted by atomic mass is 16.5. The second-order valence-corrected chi connectivity index (χ2v) is 6.22. The number of anilines is 1. The number of carbonyl (C=O) groups is 2. The molecule has 3 atom stereocenters. The molecule has 1 amide bonds. The first-order valence-corrected chi connectivity index (χ1v) is 8.37. The summed E-state index contributed by atoms with van der Waals surface area (Å²) in [7, 11) is 1.57. The molecular weight excluding hydrogens is 334 g/mol. The SMILES string of the molecule is COc1ccc(O[C@H]2C(=O)N(c3ccccc3)[C@H]2[C@@H](O)CC(C)=O)cc1. The summed E-state index contributed by atoms with van der Waals surface area (Å²) in [5, 5.41) is 10.5. The van der Waals surface area contributed by atoms with Crippen LogP contribution in [0.4, 0.5) is 5.69 Å². The summed E-state index contributed by atoms with van der Waals surface area (Å²) in [6.07, 6.45) is -1.89. The lowest BCUT2D eigenvalue weighted by Crippen LogP contribution is -2.71. The number of methoxy groups -OCH3 is 1. The molecule has 1 heterocycles. The maximum atomic E-state index is 12.7. The third-order valence-electron chi connectivity index (χ3n) is 4.34. The molecule has 0 radical (unpaired) electrons. The number of benzene rings is 2. The minimum absolute atomic E-state index is 0.0379. The van der Waals surface area contributed by atoms with E-state index in [2.05, 4.69) is 0 Å². The summed E-state index contributed by atoms with van der Waals surface area (Å²) < 4.78 is 10.9. The summed E-state index contributed by atoms with van der Waals surface area (Å²) >= 11 is 0. The molecule has 1 aliphatic rings. The minimum Gasteiger partial charge on any atom is -0.497 e. The Morgan fingerprint density at radius 2 is 1.73 bits per heavy atom. The average Bonchev–Trinajstić information content (AvgIpc) is 2.64. The van der Waals surface area contributed by atoms with Crippen LogP contribution in [0.2, 0.25) is 0 Å². The van der Waals surface area contributed by atoms with Gasteiger partial charge in [-0.2, -0.15) is 0 Å². The molecule has 6 nitrogen and oxygen atoms in total. The van der Waals surface area contributed by atoms with Gasteiger partial charge >= 0.3 is 0 Å². The first-order valence-electron chi connectivity index (χ1n) is 8.37. The van der Waals surface area contributed by atoms with E-state index >= 15 is 0 Å². The molecule has 1 fully saturated rings. The zero-order chi connectivity index (χ0) is 18.7. The van der Waals surface area contributed by atoms with Crippen LogP contribution in [0.5, 0.6) is 11.5 Å². The number of β-lactam (4-membered cyclic amide) rings is 1. The van der Waals surface area contributed by atoms with Crippen LogP contribution in [0.3, 0.4) is 0 Å². The standard InChI is InChI=1S/C20H21NO5/c1-13(22)12-17(23)18-19(26-16-10-8-15(25-2)9-11-16)20(24)21(18)14-6-4-3-5-7-14/h3-11,17-19,23H,12H2,1-2H3/t17-,18-,19+/m0/s1. The van der Waals surface area contributed by atoms with Crippen molar-refractivity contribution >= 4 is 17.4 Å². The van der Waals surface area contributed by atoms with Gasteiger partial charge in [0.1, 0.15) is 23.3 Å². The first kappa shape index (κ1) is 17.9. The van der Waals surface area contributed by atoms with Crippen LogP contribution in [0.25, 0.3) is 0 Å². The quantitative estimate of drug-likeness (QED) is 0.771. The molecule has 1 saturated heterocycles. The van der Waals surface area contributed by atoms with E-state index in [9.17, 15) is 14.7 Å². The van der Waals surface area contributed by atoms with Crippen LogP contribution >= 0.6 is 0 Å². The molecule has 0 unspecified atom stereocenters. The molecule has 26 heavy (non-hydrogen) atoms. The number of Topliss-reactive ketones (excluding diaryl/α,β-unsaturated/α-hetero) is 1. The topological polar surface area (TPSA) is 76.1 Å². The molecule has 1 aliphatic heterocycles. The highest BCUT2D eigenvalue weighted by Gasteiger charge is 2.53. The van der Waals surface area contributed by atoms with Crippen molar-refractivity contribution in [3.8, 4) is 11.5 Å². The van der Waals surface area contributed by atoms with E-state index in [1.54, 1.807) is 43.5 Å². The molecule has 1 N–H and O–H groups in total. The Labute approximate surface area is 152 Å². The summed E-state index contributed by atoms with van der Waals surface area (Å²) in [5.74, 6) is 0.779. The van der Waals surface area contributed by atoms with Gasteiger partial charge in [-0.05, 0) is 43.3 Å². The Morgan fingerprint density at radius 3 is 2.31 bits per heavy atom. The van der Waals surface area contributed by atoms with Crippen LogP contribution in [0.15, 0.2) is 54.6 Å². The molecule has 0 aromatic heterocycles. The Hall–Kier alpha value is -2.86. The van der Waals surface area contributed by atoms with Crippen LogP contribution < -0.4 is 14.4 Å². The van der Waals surface area contributed by atoms with Gasteiger partial charge in [0.15, 0.2) is 0 Å². The van der Waals surface area contributed by atoms with E-state index < -0.39 is 18.2 Å². The maximum absolute atomic E-state index is 12.7. The second-order valence-electron chi connectivity index (χ2n) is 6.22. The fourth-order valence-electron chi connectivity index (χ4n) is 3.08. The van der Waals surface area contributed by atoms with Crippen LogP contribution in [0.1, 0.15) is 13.3 Å². The van der Waals surface area contributed by atoms with Gasteiger partial charge in [0.2, 0.25) is 6.10 Å². The fraction of sp³-hybridized carbons (Fsp3) is 0.300. The number of carbonyl (C=O) groups excluding carboxylic acids is 2. The van der Waals surface area contributed by atoms with E-state index in [1.807, 2.05) is 18.2 Å². The molecule has 2 aromatic rings. The number of hydrogen-bond donors (Lipinski definition) is 1. The van der Waals surface area contributed by atoms with Gasteiger partial charge in [0.05, 0.1) is 13.2 Å². The number of aliphatic hydroxyl groups is 1. The van der Waals surface area contributed by atoms with Gasteiger partial charge in [-0.1, -0.05) is 18.2 Å². The normalized spacial score (nSPS) is 20.3. The maximum Gasteiger partial charge on any atom is 0.270 e. The molecule has 2 aromatic carbocycles. The third kappa shape index (κ3) is 3.55. The summed E-state index contributed by atoms with van der Waals surface area (Å²) in [5.41, 5.74) is 0.666. The number of ether oxygens (including phenoxy) is 2. The minimum atomic E-state index is -1.01. The molecule has 3 rings (SSSR count). The lowest BCUT2D eigenvalue weighted by molar-refractivity contribution is -0.140. The highest BCUT2D eigenvalue weighted by molar-refractivity contribution is 6.05. The monoisotopic (exact) mass is 355 g/mol. The van der Waals surface area contributed by atoms with Gasteiger partial charge in [-0.15, -0.1) is 0 Å². The molecule has 0 aliphatic carbocycles. The molecule has 0 spiro atoms. The van der Waals surface area contributed by atoms with Crippen molar-refractivity contribution < 1.29 is 24.2 Å². The fourth-order valence-corrected chi connectivity index (χ4v) is 3.08. The molecule has 0 saturated carbocycles. The zero-order valence-electron chi connectivity index (χ0n) is 14.7. The van der Waals surface area contributed by atoms with Gasteiger partial charge in [0, 0.05) is 12.1 Å². The first-order chi connectivity index (χ1) is 12.5. The number of aliphatic hydroxyl groups excluding tert-OH is 1. The third-order valence-corrected chi connectivity index (χ3v) is 4.34. The Bertz CT molecular complexity index is 775. The van der Waals surface area contributed by atoms with E-state index in [1.165, 1.54) is 11.8 Å². The van der Waals surface area contributed by atoms with Crippen molar-refractivity contribution in [3.05, 3.63) is 54.6 Å². The van der Waals surface area contributed by atoms with Gasteiger partial charge < -0.3 is 14.6 Å². The van der Waals surface area contributed by atoms with Gasteiger partial charge in [-0.25, -0.2) is 0 Å². The van der Waals surface area contributed by atoms with Crippen molar-refractivity contribution in [1.29, 1.82) is 0 Å². The molecular formula is C20H21NO5. The summed E-state index contributed by atoms with van der Waals surface area (Å²) in [6.45, 7) is 1.41. The van der Waals surface area contributed by atoms with Gasteiger partial charge in [0.25, 0.3) is 5.91 Å².